The van der Waals surface area contributed by atoms with Gasteiger partial charge in [-0.1, -0.05) is 6.42 Å². The molecule has 148 valence electrons. The molecule has 1 saturated carbocycles. The van der Waals surface area contributed by atoms with Gasteiger partial charge in [-0.25, -0.2) is 0 Å². The molecule has 2 bridgehead atoms. The Kier molecular flexibility index (Phi) is 4.19. The van der Waals surface area contributed by atoms with Gasteiger partial charge in [0.1, 0.15) is 17.6 Å². The summed E-state index contributed by atoms with van der Waals surface area (Å²) < 4.78 is 23.0. The average molecular weight is 392 g/mol. The number of benzene rings is 1. The number of ether oxygens (including phenoxy) is 4. The van der Waals surface area contributed by atoms with Crippen molar-refractivity contribution in [3.05, 3.63) is 23.8 Å². The van der Waals surface area contributed by atoms with E-state index < -0.39 is 28.6 Å². The van der Waals surface area contributed by atoms with Crippen LogP contribution in [-0.2, 0) is 9.47 Å². The SMILES string of the molecule is COc1ccc([C@@H]2O[C@@]34CCCC[C@@H]3[C@@](C#N)(C(=N)O4)C2(C#N)C#N)c(OC)c1. The van der Waals surface area contributed by atoms with Crippen LogP contribution in [-0.4, -0.2) is 25.9 Å². The number of hydrogen-bond acceptors (Lipinski definition) is 8. The highest BCUT2D eigenvalue weighted by Gasteiger charge is 2.80. The van der Waals surface area contributed by atoms with Crippen LogP contribution in [0.3, 0.4) is 0 Å². The Morgan fingerprint density at radius 1 is 1.10 bits per heavy atom. The van der Waals surface area contributed by atoms with Crippen LogP contribution in [0.15, 0.2) is 18.2 Å². The Morgan fingerprint density at radius 2 is 1.86 bits per heavy atom. The largest absolute Gasteiger partial charge is 0.497 e. The molecule has 4 rings (SSSR count). The first-order valence-electron chi connectivity index (χ1n) is 9.40. The highest BCUT2D eigenvalue weighted by Crippen LogP contribution is 2.70. The molecule has 0 unspecified atom stereocenters. The molecule has 0 spiro atoms. The van der Waals surface area contributed by atoms with Gasteiger partial charge < -0.3 is 18.9 Å². The van der Waals surface area contributed by atoms with Gasteiger partial charge in [-0.15, -0.1) is 0 Å². The minimum atomic E-state index is -1.97. The second-order valence-corrected chi connectivity index (χ2v) is 7.60. The molecule has 4 atom stereocenters. The molecule has 2 aliphatic heterocycles. The predicted octanol–water partition coefficient (Wildman–Crippen LogP) is 3.21. The molecule has 8 heteroatoms. The van der Waals surface area contributed by atoms with Crippen molar-refractivity contribution in [3.8, 4) is 29.7 Å². The van der Waals surface area contributed by atoms with Crippen LogP contribution in [0, 0.1) is 56.2 Å². The van der Waals surface area contributed by atoms with E-state index >= 15 is 0 Å². The predicted molar refractivity (Wildman–Crippen MR) is 98.6 cm³/mol. The first-order chi connectivity index (χ1) is 14.0. The summed E-state index contributed by atoms with van der Waals surface area (Å²) in [6.07, 6.45) is 1.54. The summed E-state index contributed by atoms with van der Waals surface area (Å²) in [6, 6.07) is 11.3. The van der Waals surface area contributed by atoms with Crippen molar-refractivity contribution in [3.63, 3.8) is 0 Å². The smallest absolute Gasteiger partial charge is 0.217 e. The lowest BCUT2D eigenvalue weighted by molar-refractivity contribution is -0.294. The fourth-order valence-electron chi connectivity index (χ4n) is 5.17. The van der Waals surface area contributed by atoms with Crippen molar-refractivity contribution in [2.75, 3.05) is 14.2 Å². The second kappa shape index (κ2) is 6.37. The number of hydrogen-bond donors (Lipinski definition) is 1. The van der Waals surface area contributed by atoms with E-state index in [1.54, 1.807) is 18.2 Å². The summed E-state index contributed by atoms with van der Waals surface area (Å²) in [6.45, 7) is 0. The Balaban J connectivity index is 2.00. The van der Waals surface area contributed by atoms with Gasteiger partial charge in [0.15, 0.2) is 5.41 Å². The lowest BCUT2D eigenvalue weighted by atomic mass is 9.51. The molecular weight excluding hydrogens is 372 g/mol. The monoisotopic (exact) mass is 392 g/mol. The fraction of sp³-hybridized carbons (Fsp3) is 0.524. The lowest BCUT2D eigenvalue weighted by Crippen LogP contribution is -2.60. The third-order valence-corrected chi connectivity index (χ3v) is 6.54. The number of methoxy groups -OCH3 is 2. The third-order valence-electron chi connectivity index (χ3n) is 6.54. The van der Waals surface area contributed by atoms with E-state index in [0.29, 0.717) is 29.9 Å². The number of nitrogens with zero attached hydrogens (tertiary/aromatic N) is 3. The van der Waals surface area contributed by atoms with Crippen molar-refractivity contribution in [1.29, 1.82) is 21.2 Å². The van der Waals surface area contributed by atoms with E-state index in [1.165, 1.54) is 14.2 Å². The van der Waals surface area contributed by atoms with Gasteiger partial charge in [0.05, 0.1) is 38.3 Å². The van der Waals surface area contributed by atoms with E-state index in [2.05, 4.69) is 18.2 Å². The first kappa shape index (κ1) is 19.1. The van der Waals surface area contributed by atoms with Crippen LogP contribution in [0.5, 0.6) is 11.5 Å². The molecule has 29 heavy (non-hydrogen) atoms. The van der Waals surface area contributed by atoms with E-state index in [1.807, 2.05) is 0 Å². The zero-order chi connectivity index (χ0) is 20.9. The summed E-state index contributed by atoms with van der Waals surface area (Å²) >= 11 is 0. The van der Waals surface area contributed by atoms with E-state index in [9.17, 15) is 15.8 Å². The summed E-state index contributed by atoms with van der Waals surface area (Å²) in [4.78, 5) is 0. The molecule has 2 heterocycles. The summed E-state index contributed by atoms with van der Waals surface area (Å²) in [5.41, 5.74) is -3.24. The summed E-state index contributed by atoms with van der Waals surface area (Å²) in [5.74, 6) is -1.20. The standard InChI is InChI=1S/C21H20N4O4/c1-26-13-6-7-14(15(9-13)27-2)17-19(10-22,11-23)20(12-24)16-5-3-4-8-21(16,28-17)29-18(20)25/h6-7,9,16-17,25H,3-5,8H2,1-2H3/t16-,17+,20+,21-/m1/s1. The minimum absolute atomic E-state index is 0.357. The molecule has 0 aromatic heterocycles. The highest BCUT2D eigenvalue weighted by atomic mass is 16.7. The number of rotatable bonds is 3. The Labute approximate surface area is 168 Å². The molecule has 1 aliphatic carbocycles. The zero-order valence-corrected chi connectivity index (χ0v) is 16.2. The van der Waals surface area contributed by atoms with Crippen LogP contribution in [0.4, 0.5) is 0 Å². The van der Waals surface area contributed by atoms with Crippen LogP contribution >= 0.6 is 0 Å². The Hall–Kier alpha value is -3.28. The number of nitrogens with one attached hydrogen (secondary N) is 1. The van der Waals surface area contributed by atoms with E-state index in [0.717, 1.165) is 12.8 Å². The zero-order valence-electron chi connectivity index (χ0n) is 16.2. The maximum atomic E-state index is 10.3. The van der Waals surface area contributed by atoms with Gasteiger partial charge >= 0.3 is 0 Å². The second-order valence-electron chi connectivity index (χ2n) is 7.60. The molecular formula is C21H20N4O4. The Morgan fingerprint density at radius 3 is 2.48 bits per heavy atom. The molecule has 3 aliphatic rings. The minimum Gasteiger partial charge on any atom is -0.497 e. The lowest BCUT2D eigenvalue weighted by Gasteiger charge is -2.51. The molecule has 2 saturated heterocycles. The van der Waals surface area contributed by atoms with Crippen molar-refractivity contribution in [2.24, 2.45) is 16.7 Å². The fourth-order valence-corrected chi connectivity index (χ4v) is 5.17. The van der Waals surface area contributed by atoms with E-state index in [-0.39, 0.29) is 5.90 Å². The van der Waals surface area contributed by atoms with Gasteiger partial charge in [0.2, 0.25) is 17.1 Å². The third kappa shape index (κ3) is 2.11. The average Bonchev–Trinajstić information content (AvgIpc) is 2.97. The highest BCUT2D eigenvalue weighted by molar-refractivity contribution is 5.89. The first-order valence-corrected chi connectivity index (χ1v) is 9.40. The molecule has 0 radical (unpaired) electrons. The molecule has 1 N–H and O–H groups in total. The number of nitriles is 3. The Bertz CT molecular complexity index is 989. The molecule has 0 amide bonds. The van der Waals surface area contributed by atoms with Gasteiger partial charge in [-0.05, 0) is 25.0 Å². The quantitative estimate of drug-likeness (QED) is 0.835. The normalized spacial score (nSPS) is 34.0. The van der Waals surface area contributed by atoms with Gasteiger partial charge in [0.25, 0.3) is 0 Å². The van der Waals surface area contributed by atoms with Crippen molar-refractivity contribution < 1.29 is 18.9 Å². The van der Waals surface area contributed by atoms with E-state index in [4.69, 9.17) is 24.4 Å². The summed E-state index contributed by atoms with van der Waals surface area (Å²) in [7, 11) is 2.99. The topological polar surface area (TPSA) is 132 Å². The molecule has 8 nitrogen and oxygen atoms in total. The molecule has 1 aromatic carbocycles. The van der Waals surface area contributed by atoms with Crippen LogP contribution in [0.25, 0.3) is 0 Å². The van der Waals surface area contributed by atoms with Crippen LogP contribution in [0.1, 0.15) is 37.4 Å². The van der Waals surface area contributed by atoms with Crippen molar-refractivity contribution >= 4 is 5.90 Å². The maximum absolute atomic E-state index is 10.3. The summed E-state index contributed by atoms with van der Waals surface area (Å²) in [5, 5.41) is 39.3. The van der Waals surface area contributed by atoms with Gasteiger partial charge in [-0.3, -0.25) is 5.41 Å². The van der Waals surface area contributed by atoms with Gasteiger partial charge in [-0.2, -0.15) is 15.8 Å². The maximum Gasteiger partial charge on any atom is 0.217 e. The van der Waals surface area contributed by atoms with Gasteiger partial charge in [0, 0.05) is 18.1 Å². The van der Waals surface area contributed by atoms with Crippen LogP contribution < -0.4 is 9.47 Å². The van der Waals surface area contributed by atoms with Crippen LogP contribution in [0.2, 0.25) is 0 Å². The van der Waals surface area contributed by atoms with Crippen molar-refractivity contribution in [1.82, 2.24) is 0 Å². The van der Waals surface area contributed by atoms with Crippen molar-refractivity contribution in [2.45, 2.75) is 37.6 Å². The molecule has 1 aromatic rings. The molecule has 3 fully saturated rings.